The number of nitrogens with zero attached hydrogens (tertiary/aromatic N) is 1. The number of methoxy groups -OCH3 is 2. The Balaban J connectivity index is 1.40. The van der Waals surface area contributed by atoms with Gasteiger partial charge < -0.3 is 20.2 Å². The molecular formula is C25H33N3O2. The molecule has 0 unspecified atom stereocenters. The summed E-state index contributed by atoms with van der Waals surface area (Å²) in [6, 6.07) is 15.4. The molecule has 2 atom stereocenters. The van der Waals surface area contributed by atoms with Crippen LogP contribution in [-0.2, 0) is 13.0 Å². The third-order valence-electron chi connectivity index (χ3n) is 6.71. The Labute approximate surface area is 179 Å². The van der Waals surface area contributed by atoms with Crippen LogP contribution in [0.2, 0.25) is 0 Å². The quantitative estimate of drug-likeness (QED) is 0.675. The molecule has 1 saturated carbocycles. The highest BCUT2D eigenvalue weighted by Gasteiger charge is 2.45. The van der Waals surface area contributed by atoms with Crippen LogP contribution in [-0.4, -0.2) is 32.5 Å². The molecule has 160 valence electrons. The maximum Gasteiger partial charge on any atom is 0.160 e. The standard InChI is InChI=1S/C25H33N3O2/c1-18-5-4-6-20(13-18)17-27-28-21-9-10-25(11-12-26-24(25)15-21)16-19-7-8-22(29-2)23(14-19)30-3/h4-8,13-14,24,26-27H,9-12,15-17H2,1-3H3/t24-,25+/m0/s1. The van der Waals surface area contributed by atoms with E-state index in [2.05, 4.69) is 54.1 Å². The van der Waals surface area contributed by atoms with Crippen molar-refractivity contribution in [1.29, 1.82) is 0 Å². The van der Waals surface area contributed by atoms with E-state index in [-0.39, 0.29) is 0 Å². The third kappa shape index (κ3) is 4.46. The van der Waals surface area contributed by atoms with E-state index in [0.29, 0.717) is 11.5 Å². The van der Waals surface area contributed by atoms with E-state index in [4.69, 9.17) is 14.6 Å². The van der Waals surface area contributed by atoms with E-state index >= 15 is 0 Å². The number of benzene rings is 2. The number of ether oxygens (including phenoxy) is 2. The number of hydrogen-bond acceptors (Lipinski definition) is 5. The van der Waals surface area contributed by atoms with Gasteiger partial charge in [-0.2, -0.15) is 5.10 Å². The minimum Gasteiger partial charge on any atom is -0.493 e. The van der Waals surface area contributed by atoms with Crippen molar-refractivity contribution in [3.8, 4) is 11.5 Å². The molecule has 0 spiro atoms. The van der Waals surface area contributed by atoms with Gasteiger partial charge in [-0.05, 0) is 67.8 Å². The summed E-state index contributed by atoms with van der Waals surface area (Å²) < 4.78 is 10.9. The van der Waals surface area contributed by atoms with Crippen LogP contribution in [0, 0.1) is 12.3 Å². The molecule has 2 aromatic rings. The molecule has 2 aliphatic rings. The summed E-state index contributed by atoms with van der Waals surface area (Å²) in [5, 5.41) is 8.50. The van der Waals surface area contributed by atoms with Crippen molar-refractivity contribution in [2.45, 2.75) is 51.6 Å². The first kappa shape index (κ1) is 20.7. The maximum atomic E-state index is 5.51. The van der Waals surface area contributed by atoms with Crippen molar-refractivity contribution in [2.24, 2.45) is 10.5 Å². The Morgan fingerprint density at radius 3 is 2.73 bits per heavy atom. The summed E-state index contributed by atoms with van der Waals surface area (Å²) >= 11 is 0. The number of aryl methyl sites for hydroxylation is 1. The predicted octanol–water partition coefficient (Wildman–Crippen LogP) is 4.23. The van der Waals surface area contributed by atoms with Crippen molar-refractivity contribution in [2.75, 3.05) is 20.8 Å². The van der Waals surface area contributed by atoms with Gasteiger partial charge in [-0.25, -0.2) is 0 Å². The normalized spacial score (nSPS) is 24.5. The van der Waals surface area contributed by atoms with Gasteiger partial charge in [0.1, 0.15) is 0 Å². The largest absolute Gasteiger partial charge is 0.493 e. The number of hydrogen-bond donors (Lipinski definition) is 2. The molecule has 1 aliphatic carbocycles. The van der Waals surface area contributed by atoms with Gasteiger partial charge >= 0.3 is 0 Å². The molecule has 2 aromatic carbocycles. The molecule has 5 nitrogen and oxygen atoms in total. The second-order valence-corrected chi connectivity index (χ2v) is 8.69. The van der Waals surface area contributed by atoms with E-state index in [1.807, 2.05) is 6.07 Å². The molecule has 0 amide bonds. The van der Waals surface area contributed by atoms with Crippen LogP contribution in [0.1, 0.15) is 42.4 Å². The number of hydrazone groups is 1. The molecular weight excluding hydrogens is 374 g/mol. The van der Waals surface area contributed by atoms with Crippen molar-refractivity contribution in [3.63, 3.8) is 0 Å². The highest BCUT2D eigenvalue weighted by atomic mass is 16.5. The van der Waals surface area contributed by atoms with Crippen LogP contribution >= 0.6 is 0 Å². The van der Waals surface area contributed by atoms with Crippen molar-refractivity contribution in [1.82, 2.24) is 10.7 Å². The zero-order valence-corrected chi connectivity index (χ0v) is 18.3. The minimum absolute atomic E-state index is 0.301. The van der Waals surface area contributed by atoms with Gasteiger partial charge in [-0.15, -0.1) is 0 Å². The van der Waals surface area contributed by atoms with E-state index in [0.717, 1.165) is 43.9 Å². The van der Waals surface area contributed by atoms with Gasteiger partial charge in [-0.1, -0.05) is 35.9 Å². The van der Waals surface area contributed by atoms with Gasteiger partial charge in [0, 0.05) is 18.2 Å². The summed E-state index contributed by atoms with van der Waals surface area (Å²) in [6.45, 7) is 3.99. The summed E-state index contributed by atoms with van der Waals surface area (Å²) in [7, 11) is 3.38. The number of fused-ring (bicyclic) bond motifs is 1. The Morgan fingerprint density at radius 2 is 1.93 bits per heavy atom. The zero-order valence-electron chi connectivity index (χ0n) is 18.3. The molecule has 2 fully saturated rings. The molecule has 1 aliphatic heterocycles. The van der Waals surface area contributed by atoms with Gasteiger partial charge in [0.15, 0.2) is 11.5 Å². The van der Waals surface area contributed by atoms with E-state index in [1.165, 1.54) is 35.2 Å². The fraction of sp³-hybridized carbons (Fsp3) is 0.480. The Kier molecular flexibility index (Phi) is 6.28. The lowest BCUT2D eigenvalue weighted by Crippen LogP contribution is -2.44. The second-order valence-electron chi connectivity index (χ2n) is 8.69. The fourth-order valence-corrected chi connectivity index (χ4v) is 5.07. The highest BCUT2D eigenvalue weighted by Crippen LogP contribution is 2.45. The molecule has 2 N–H and O–H groups in total. The Bertz CT molecular complexity index is 911. The number of nitrogens with one attached hydrogen (secondary N) is 2. The van der Waals surface area contributed by atoms with Gasteiger partial charge in [0.05, 0.1) is 20.8 Å². The summed E-state index contributed by atoms with van der Waals surface area (Å²) in [4.78, 5) is 0. The van der Waals surface area contributed by atoms with Gasteiger partial charge in [0.2, 0.25) is 0 Å². The lowest BCUT2D eigenvalue weighted by atomic mass is 9.67. The van der Waals surface area contributed by atoms with Crippen molar-refractivity contribution >= 4 is 5.71 Å². The minimum atomic E-state index is 0.301. The van der Waals surface area contributed by atoms with Gasteiger partial charge in [0.25, 0.3) is 0 Å². The first-order valence-electron chi connectivity index (χ1n) is 10.9. The molecule has 0 radical (unpaired) electrons. The Hall–Kier alpha value is -2.53. The lowest BCUT2D eigenvalue weighted by molar-refractivity contribution is 0.215. The maximum absolute atomic E-state index is 5.51. The average molecular weight is 408 g/mol. The Morgan fingerprint density at radius 1 is 1.07 bits per heavy atom. The number of rotatable bonds is 7. The van der Waals surface area contributed by atoms with E-state index in [9.17, 15) is 0 Å². The monoisotopic (exact) mass is 407 g/mol. The predicted molar refractivity (Wildman–Crippen MR) is 121 cm³/mol. The topological polar surface area (TPSA) is 54.9 Å². The fourth-order valence-electron chi connectivity index (χ4n) is 5.07. The second kappa shape index (κ2) is 9.09. The van der Waals surface area contributed by atoms with Crippen LogP contribution < -0.4 is 20.2 Å². The van der Waals surface area contributed by atoms with Crippen LogP contribution in [0.4, 0.5) is 0 Å². The van der Waals surface area contributed by atoms with Crippen LogP contribution in [0.25, 0.3) is 0 Å². The van der Waals surface area contributed by atoms with Crippen LogP contribution in [0.3, 0.4) is 0 Å². The van der Waals surface area contributed by atoms with Crippen LogP contribution in [0.15, 0.2) is 47.6 Å². The lowest BCUT2D eigenvalue weighted by Gasteiger charge is -2.40. The van der Waals surface area contributed by atoms with Crippen molar-refractivity contribution in [3.05, 3.63) is 59.2 Å². The molecule has 0 bridgehead atoms. The third-order valence-corrected chi connectivity index (χ3v) is 6.71. The van der Waals surface area contributed by atoms with Gasteiger partial charge in [-0.3, -0.25) is 0 Å². The van der Waals surface area contributed by atoms with E-state index < -0.39 is 0 Å². The van der Waals surface area contributed by atoms with Crippen molar-refractivity contribution < 1.29 is 9.47 Å². The molecule has 5 heteroatoms. The van der Waals surface area contributed by atoms with E-state index in [1.54, 1.807) is 14.2 Å². The first-order chi connectivity index (χ1) is 14.6. The van der Waals surface area contributed by atoms with Crippen LogP contribution in [0.5, 0.6) is 11.5 Å². The molecule has 0 aromatic heterocycles. The molecule has 4 rings (SSSR count). The molecule has 1 saturated heterocycles. The molecule has 1 heterocycles. The highest BCUT2D eigenvalue weighted by molar-refractivity contribution is 5.86. The summed E-state index contributed by atoms with van der Waals surface area (Å²) in [6.07, 6.45) is 5.54. The SMILES string of the molecule is COc1ccc(C[C@@]23CCN[C@H]2CC(=NNCc2cccc(C)c2)CC3)cc1OC. The average Bonchev–Trinajstić information content (AvgIpc) is 3.16. The smallest absolute Gasteiger partial charge is 0.160 e. The summed E-state index contributed by atoms with van der Waals surface area (Å²) in [5.74, 6) is 1.60. The first-order valence-corrected chi connectivity index (χ1v) is 10.9. The summed E-state index contributed by atoms with van der Waals surface area (Å²) in [5.41, 5.74) is 8.76. The zero-order chi connectivity index (χ0) is 21.0. The molecule has 30 heavy (non-hydrogen) atoms.